The number of hydrogen-bond acceptors (Lipinski definition) is 8. The van der Waals surface area contributed by atoms with Crippen molar-refractivity contribution in [3.05, 3.63) is 95.7 Å². The minimum Gasteiger partial charge on any atom is -0.497 e. The molecule has 0 spiro atoms. The zero-order valence-corrected chi connectivity index (χ0v) is 26.0. The highest BCUT2D eigenvalue weighted by atomic mass is 16.5. The first-order valence-electron chi connectivity index (χ1n) is 15.2. The monoisotopic (exact) mass is 634 g/mol. The Morgan fingerprint density at radius 3 is 2.53 bits per heavy atom. The molecule has 47 heavy (non-hydrogen) atoms. The second-order valence-corrected chi connectivity index (χ2v) is 11.2. The summed E-state index contributed by atoms with van der Waals surface area (Å²) in [6.45, 7) is 1.01. The minimum absolute atomic E-state index is 0.233. The van der Waals surface area contributed by atoms with E-state index in [0.29, 0.717) is 82.2 Å². The highest BCUT2D eigenvalue weighted by Crippen LogP contribution is 2.38. The lowest BCUT2D eigenvalue weighted by Gasteiger charge is -2.31. The maximum Gasteiger partial charge on any atom is 0.407 e. The SMILES string of the molecule is COc1ccc(CNc2ncc(C=O)c3c2c(-c2ccc(C(=O)Nc4ccccc4)cc2)nn3C2CCCN(C(=O)O)C2)c(OC)c1. The number of piperidine rings is 1. The van der Waals surface area contributed by atoms with Crippen LogP contribution in [0.2, 0.25) is 0 Å². The number of methoxy groups -OCH3 is 2. The Balaban J connectivity index is 1.43. The van der Waals surface area contributed by atoms with E-state index in [4.69, 9.17) is 14.6 Å². The summed E-state index contributed by atoms with van der Waals surface area (Å²) in [5.74, 6) is 1.53. The number of anilines is 2. The van der Waals surface area contributed by atoms with Crippen LogP contribution >= 0.6 is 0 Å². The number of carbonyl (C=O) groups excluding carboxylic acids is 2. The molecule has 1 aliphatic heterocycles. The van der Waals surface area contributed by atoms with Gasteiger partial charge in [-0.15, -0.1) is 0 Å². The molecule has 0 aliphatic carbocycles. The van der Waals surface area contributed by atoms with Crippen LogP contribution in [0.4, 0.5) is 16.3 Å². The lowest BCUT2D eigenvalue weighted by molar-refractivity contribution is 0.102. The largest absolute Gasteiger partial charge is 0.497 e. The first-order valence-corrected chi connectivity index (χ1v) is 15.2. The van der Waals surface area contributed by atoms with Crippen LogP contribution < -0.4 is 20.1 Å². The Kier molecular flexibility index (Phi) is 9.00. The molecule has 5 aromatic rings. The van der Waals surface area contributed by atoms with Crippen LogP contribution in [0.5, 0.6) is 11.5 Å². The number of benzene rings is 3. The number of nitrogens with zero attached hydrogens (tertiary/aromatic N) is 4. The van der Waals surface area contributed by atoms with Gasteiger partial charge in [0.05, 0.1) is 36.7 Å². The summed E-state index contributed by atoms with van der Waals surface area (Å²) in [5, 5.41) is 21.7. The highest BCUT2D eigenvalue weighted by Gasteiger charge is 2.29. The molecule has 1 saturated heterocycles. The van der Waals surface area contributed by atoms with E-state index in [1.54, 1.807) is 49.2 Å². The minimum atomic E-state index is -0.996. The number of carboxylic acid groups (broad SMARTS) is 1. The van der Waals surface area contributed by atoms with Crippen molar-refractivity contribution in [2.45, 2.75) is 25.4 Å². The maximum atomic E-state index is 13.0. The van der Waals surface area contributed by atoms with Gasteiger partial charge in [-0.25, -0.2) is 9.78 Å². The Morgan fingerprint density at radius 2 is 1.83 bits per heavy atom. The number of nitrogens with one attached hydrogen (secondary N) is 2. The molecule has 3 N–H and O–H groups in total. The number of likely N-dealkylation sites (tertiary alicyclic amines) is 1. The smallest absolute Gasteiger partial charge is 0.407 e. The van der Waals surface area contributed by atoms with E-state index in [9.17, 15) is 19.5 Å². The van der Waals surface area contributed by atoms with Crippen molar-refractivity contribution >= 4 is 40.7 Å². The molecule has 1 atom stereocenters. The summed E-state index contributed by atoms with van der Waals surface area (Å²) >= 11 is 0. The number of carbonyl (C=O) groups is 3. The summed E-state index contributed by atoms with van der Waals surface area (Å²) in [6, 6.07) is 21.5. The molecule has 6 rings (SSSR count). The number of para-hydroxylation sites is 1. The van der Waals surface area contributed by atoms with E-state index in [1.807, 2.05) is 42.5 Å². The zero-order chi connectivity index (χ0) is 32.9. The van der Waals surface area contributed by atoms with Crippen molar-refractivity contribution in [1.82, 2.24) is 19.7 Å². The zero-order valence-electron chi connectivity index (χ0n) is 26.0. The summed E-state index contributed by atoms with van der Waals surface area (Å²) < 4.78 is 12.7. The van der Waals surface area contributed by atoms with Gasteiger partial charge in [0.25, 0.3) is 5.91 Å². The molecule has 1 aliphatic rings. The van der Waals surface area contributed by atoms with Crippen LogP contribution in [-0.2, 0) is 6.54 Å². The summed E-state index contributed by atoms with van der Waals surface area (Å²) in [4.78, 5) is 43.2. The van der Waals surface area contributed by atoms with Gasteiger partial charge in [0.1, 0.15) is 23.0 Å². The van der Waals surface area contributed by atoms with Crippen molar-refractivity contribution < 1.29 is 29.0 Å². The van der Waals surface area contributed by atoms with Crippen molar-refractivity contribution in [3.63, 3.8) is 0 Å². The number of aromatic nitrogens is 3. The third kappa shape index (κ3) is 6.43. The molecule has 3 aromatic carbocycles. The molecule has 1 unspecified atom stereocenters. The Labute approximate surface area is 270 Å². The van der Waals surface area contributed by atoms with Crippen molar-refractivity contribution in [2.24, 2.45) is 0 Å². The van der Waals surface area contributed by atoms with Crippen LogP contribution in [0.3, 0.4) is 0 Å². The molecule has 3 heterocycles. The van der Waals surface area contributed by atoms with Gasteiger partial charge in [-0.1, -0.05) is 30.3 Å². The van der Waals surface area contributed by atoms with Gasteiger partial charge in [-0.05, 0) is 49.2 Å². The van der Waals surface area contributed by atoms with Gasteiger partial charge < -0.3 is 30.1 Å². The standard InChI is InChI=1S/C35H34N6O6/c1-46-28-15-14-24(29(17-28)47-2)18-36-33-30-31(22-10-12-23(13-11-22)34(43)38-26-7-4-3-5-8-26)39-41(32(30)25(21-42)19-37-33)27-9-6-16-40(20-27)35(44)45/h3-5,7-8,10-15,17,19,21,27H,6,9,16,18,20H2,1-2H3,(H,36,37)(H,38,43)(H,44,45). The van der Waals surface area contributed by atoms with Crippen LogP contribution in [0.1, 0.15) is 45.2 Å². The van der Waals surface area contributed by atoms with Gasteiger partial charge in [-0.3, -0.25) is 14.3 Å². The van der Waals surface area contributed by atoms with Crippen LogP contribution in [-0.4, -0.2) is 70.4 Å². The molecule has 12 heteroatoms. The molecule has 240 valence electrons. The number of pyridine rings is 1. The molecule has 0 radical (unpaired) electrons. The molecule has 0 saturated carbocycles. The van der Waals surface area contributed by atoms with Gasteiger partial charge in [0.2, 0.25) is 0 Å². The fourth-order valence-electron chi connectivity index (χ4n) is 5.89. The number of rotatable bonds is 10. The molecule has 2 aromatic heterocycles. The predicted molar refractivity (Wildman–Crippen MR) is 177 cm³/mol. The number of fused-ring (bicyclic) bond motifs is 1. The number of aldehydes is 1. The quantitative estimate of drug-likeness (QED) is 0.155. The summed E-state index contributed by atoms with van der Waals surface area (Å²) in [6.07, 6.45) is 2.58. The van der Waals surface area contributed by atoms with E-state index in [1.165, 1.54) is 11.1 Å². The first-order chi connectivity index (χ1) is 22.9. The van der Waals surface area contributed by atoms with Gasteiger partial charge >= 0.3 is 6.09 Å². The number of amides is 2. The van der Waals surface area contributed by atoms with Crippen molar-refractivity contribution in [1.29, 1.82) is 0 Å². The average molecular weight is 635 g/mol. The second-order valence-electron chi connectivity index (χ2n) is 11.2. The number of hydrogen-bond donors (Lipinski definition) is 3. The topological polar surface area (TPSA) is 148 Å². The van der Waals surface area contributed by atoms with Crippen LogP contribution in [0.15, 0.2) is 79.0 Å². The van der Waals surface area contributed by atoms with Crippen LogP contribution in [0, 0.1) is 0 Å². The Morgan fingerprint density at radius 1 is 1.04 bits per heavy atom. The summed E-state index contributed by atoms with van der Waals surface area (Å²) in [7, 11) is 3.18. The fourth-order valence-corrected chi connectivity index (χ4v) is 5.89. The van der Waals surface area contributed by atoms with Crippen LogP contribution in [0.25, 0.3) is 22.2 Å². The molecule has 1 fully saturated rings. The second kappa shape index (κ2) is 13.6. The molecular formula is C35H34N6O6. The normalized spacial score (nSPS) is 14.4. The first kappa shape index (κ1) is 31.1. The van der Waals surface area contributed by atoms with Gasteiger partial charge in [-0.2, -0.15) is 5.10 Å². The van der Waals surface area contributed by atoms with Gasteiger partial charge in [0.15, 0.2) is 6.29 Å². The predicted octanol–water partition coefficient (Wildman–Crippen LogP) is 6.11. The van der Waals surface area contributed by atoms with Crippen molar-refractivity contribution in [3.8, 4) is 22.8 Å². The lowest BCUT2D eigenvalue weighted by Crippen LogP contribution is -2.40. The number of ether oxygens (including phenoxy) is 2. The molecule has 0 bridgehead atoms. The third-order valence-electron chi connectivity index (χ3n) is 8.29. The molecule has 12 nitrogen and oxygen atoms in total. The Bertz CT molecular complexity index is 1930. The average Bonchev–Trinajstić information content (AvgIpc) is 3.52. The van der Waals surface area contributed by atoms with E-state index >= 15 is 0 Å². The molecular weight excluding hydrogens is 600 g/mol. The van der Waals surface area contributed by atoms with E-state index in [-0.39, 0.29) is 18.5 Å². The van der Waals surface area contributed by atoms with E-state index in [0.717, 1.165) is 11.8 Å². The lowest BCUT2D eigenvalue weighted by atomic mass is 10.0. The third-order valence-corrected chi connectivity index (χ3v) is 8.29. The Hall–Kier alpha value is -5.91. The van der Waals surface area contributed by atoms with E-state index in [2.05, 4.69) is 15.6 Å². The van der Waals surface area contributed by atoms with E-state index < -0.39 is 6.09 Å². The molecule has 2 amide bonds. The van der Waals surface area contributed by atoms with Gasteiger partial charge in [0, 0.05) is 54.3 Å². The maximum absolute atomic E-state index is 13.0. The highest BCUT2D eigenvalue weighted by molar-refractivity contribution is 6.08. The fraction of sp³-hybridized carbons (Fsp3) is 0.229. The van der Waals surface area contributed by atoms with Crippen molar-refractivity contribution in [2.75, 3.05) is 37.9 Å². The summed E-state index contributed by atoms with van der Waals surface area (Å²) in [5.41, 5.74) is 4.13.